The van der Waals surface area contributed by atoms with Crippen molar-refractivity contribution in [3.05, 3.63) is 67.8 Å². The van der Waals surface area contributed by atoms with Crippen LogP contribution in [0.4, 0.5) is 16.5 Å². The van der Waals surface area contributed by atoms with Crippen molar-refractivity contribution in [3.63, 3.8) is 0 Å². The van der Waals surface area contributed by atoms with Gasteiger partial charge < -0.3 is 4.74 Å². The third kappa shape index (κ3) is 5.03. The Morgan fingerprint density at radius 1 is 1.15 bits per heavy atom. The Labute approximate surface area is 198 Å². The van der Waals surface area contributed by atoms with Gasteiger partial charge in [-0.3, -0.25) is 34.8 Å². The first-order valence-corrected chi connectivity index (χ1v) is 11.6. The first-order chi connectivity index (χ1) is 16.4. The molecule has 12 heteroatoms. The fourth-order valence-corrected chi connectivity index (χ4v) is 4.87. The van der Waals surface area contributed by atoms with Crippen LogP contribution in [-0.2, 0) is 11.2 Å². The molecular formula is C22H23N5O6S. The zero-order valence-corrected chi connectivity index (χ0v) is 19.3. The zero-order chi connectivity index (χ0) is 24.2. The molecule has 1 fully saturated rings. The second kappa shape index (κ2) is 10.2. The molecule has 4 rings (SSSR count). The second-order valence-electron chi connectivity index (χ2n) is 7.78. The van der Waals surface area contributed by atoms with E-state index in [4.69, 9.17) is 9.72 Å². The van der Waals surface area contributed by atoms with E-state index in [1.165, 1.54) is 16.2 Å². The summed E-state index contributed by atoms with van der Waals surface area (Å²) in [5.41, 5.74) is 0.704. The third-order valence-electron chi connectivity index (χ3n) is 5.66. The monoisotopic (exact) mass is 485 g/mol. The number of carbonyl (C=O) groups excluding carboxylic acids is 1. The molecule has 0 atom stereocenters. The van der Waals surface area contributed by atoms with Crippen LogP contribution in [0.25, 0.3) is 10.2 Å². The Hall–Kier alpha value is -3.48. The summed E-state index contributed by atoms with van der Waals surface area (Å²) in [4.78, 5) is 43.1. The highest BCUT2D eigenvalue weighted by molar-refractivity contribution is 7.22. The highest BCUT2D eigenvalue weighted by Crippen LogP contribution is 2.33. The number of aromatic nitrogens is 1. The first kappa shape index (κ1) is 23.7. The summed E-state index contributed by atoms with van der Waals surface area (Å²) >= 11 is 1.35. The average Bonchev–Trinajstić information content (AvgIpc) is 3.28. The molecule has 0 saturated carbocycles. The number of hydrogen-bond donors (Lipinski definition) is 0. The number of carbonyl (C=O) groups is 1. The van der Waals surface area contributed by atoms with E-state index in [2.05, 4.69) is 4.90 Å². The Morgan fingerprint density at radius 2 is 1.82 bits per heavy atom. The molecule has 2 aromatic carbocycles. The van der Waals surface area contributed by atoms with Crippen molar-refractivity contribution in [2.75, 3.05) is 44.3 Å². The lowest BCUT2D eigenvalue weighted by Crippen LogP contribution is -2.43. The minimum absolute atomic E-state index is 0.127. The van der Waals surface area contributed by atoms with Gasteiger partial charge in [0.15, 0.2) is 5.13 Å². The van der Waals surface area contributed by atoms with Gasteiger partial charge >= 0.3 is 0 Å². The van der Waals surface area contributed by atoms with Gasteiger partial charge in [-0.25, -0.2) is 4.98 Å². The predicted octanol–water partition coefficient (Wildman–Crippen LogP) is 3.65. The molecule has 0 bridgehead atoms. The van der Waals surface area contributed by atoms with E-state index in [-0.39, 0.29) is 12.1 Å². The molecule has 1 aromatic heterocycles. The molecule has 34 heavy (non-hydrogen) atoms. The van der Waals surface area contributed by atoms with Crippen molar-refractivity contribution >= 4 is 44.0 Å². The van der Waals surface area contributed by atoms with Crippen LogP contribution in [0, 0.1) is 20.2 Å². The number of anilines is 1. The molecule has 11 nitrogen and oxygen atoms in total. The van der Waals surface area contributed by atoms with Gasteiger partial charge in [-0.15, -0.1) is 0 Å². The van der Waals surface area contributed by atoms with Gasteiger partial charge in [0.1, 0.15) is 0 Å². The first-order valence-electron chi connectivity index (χ1n) is 10.8. The topological polar surface area (TPSA) is 132 Å². The number of thiazole rings is 1. The van der Waals surface area contributed by atoms with Gasteiger partial charge in [-0.1, -0.05) is 30.4 Å². The summed E-state index contributed by atoms with van der Waals surface area (Å²) in [6.07, 6.45) is 0.777. The number of para-hydroxylation sites is 1. The predicted molar refractivity (Wildman–Crippen MR) is 128 cm³/mol. The molecule has 2 heterocycles. The molecule has 1 aliphatic rings. The highest BCUT2D eigenvalue weighted by atomic mass is 32.1. The summed E-state index contributed by atoms with van der Waals surface area (Å²) in [5, 5.41) is 23.1. The maximum absolute atomic E-state index is 13.6. The number of nitro groups is 2. The fraction of sp³-hybridized carbons (Fsp3) is 0.364. The van der Waals surface area contributed by atoms with Crippen LogP contribution in [0.3, 0.4) is 0 Å². The smallest absolute Gasteiger partial charge is 0.277 e. The Kier molecular flexibility index (Phi) is 7.10. The normalized spacial score (nSPS) is 14.3. The maximum Gasteiger partial charge on any atom is 0.277 e. The van der Waals surface area contributed by atoms with E-state index >= 15 is 0 Å². The van der Waals surface area contributed by atoms with E-state index in [0.717, 1.165) is 53.5 Å². The molecule has 0 N–H and O–H groups in total. The average molecular weight is 486 g/mol. The van der Waals surface area contributed by atoms with Crippen LogP contribution < -0.4 is 4.90 Å². The van der Waals surface area contributed by atoms with Crippen LogP contribution in [0.1, 0.15) is 22.8 Å². The Bertz CT molecular complexity index is 1210. The number of fused-ring (bicyclic) bond motifs is 1. The number of ether oxygens (including phenoxy) is 1. The van der Waals surface area contributed by atoms with Crippen LogP contribution in [-0.4, -0.2) is 65.0 Å². The van der Waals surface area contributed by atoms with E-state index in [0.29, 0.717) is 24.9 Å². The Balaban J connectivity index is 1.74. The molecule has 178 valence electrons. The number of amides is 1. The lowest BCUT2D eigenvalue weighted by atomic mass is 10.1. The van der Waals surface area contributed by atoms with Crippen molar-refractivity contribution in [2.45, 2.75) is 13.3 Å². The maximum atomic E-state index is 13.6. The van der Waals surface area contributed by atoms with Crippen molar-refractivity contribution in [2.24, 2.45) is 0 Å². The SMILES string of the molecule is CCc1cccc2sc(N(CCN3CCOCC3)C(=O)c3cc([N+](=O)[O-])cc([N+](=O)[O-])c3)nc12. The zero-order valence-electron chi connectivity index (χ0n) is 18.5. The minimum atomic E-state index is -0.743. The largest absolute Gasteiger partial charge is 0.379 e. The van der Waals surface area contributed by atoms with Gasteiger partial charge in [-0.2, -0.15) is 0 Å². The number of aryl methyl sites for hydroxylation is 1. The molecule has 1 amide bonds. The molecule has 0 radical (unpaired) electrons. The van der Waals surface area contributed by atoms with E-state index in [1.807, 2.05) is 25.1 Å². The van der Waals surface area contributed by atoms with E-state index < -0.39 is 27.1 Å². The van der Waals surface area contributed by atoms with Crippen LogP contribution in [0.5, 0.6) is 0 Å². The number of morpholine rings is 1. The number of rotatable bonds is 8. The number of non-ortho nitro benzene ring substituents is 2. The van der Waals surface area contributed by atoms with Crippen molar-refractivity contribution in [1.29, 1.82) is 0 Å². The standard InChI is InChI=1S/C22H23N5O6S/c1-2-15-4-3-5-19-20(15)23-22(34-19)25(7-6-24-8-10-33-11-9-24)21(28)16-12-17(26(29)30)14-18(13-16)27(31)32/h3-5,12-14H,2,6-11H2,1H3. The van der Waals surface area contributed by atoms with Gasteiger partial charge in [0, 0.05) is 38.3 Å². The van der Waals surface area contributed by atoms with Gasteiger partial charge in [0.05, 0.1) is 44.9 Å². The van der Waals surface area contributed by atoms with Crippen molar-refractivity contribution < 1.29 is 19.4 Å². The highest BCUT2D eigenvalue weighted by Gasteiger charge is 2.27. The van der Waals surface area contributed by atoms with Crippen LogP contribution in [0.2, 0.25) is 0 Å². The number of nitrogens with zero attached hydrogens (tertiary/aromatic N) is 5. The second-order valence-corrected chi connectivity index (χ2v) is 8.79. The lowest BCUT2D eigenvalue weighted by molar-refractivity contribution is -0.394. The molecule has 0 aliphatic carbocycles. The molecule has 1 saturated heterocycles. The summed E-state index contributed by atoms with van der Waals surface area (Å²) in [5.74, 6) is -0.572. The van der Waals surface area contributed by atoms with E-state index in [9.17, 15) is 25.0 Å². The van der Waals surface area contributed by atoms with Gasteiger partial charge in [0.2, 0.25) is 0 Å². The Morgan fingerprint density at radius 3 is 2.44 bits per heavy atom. The summed E-state index contributed by atoms with van der Waals surface area (Å²) in [6, 6.07) is 8.84. The number of nitro benzene ring substituents is 2. The molecule has 0 spiro atoms. The van der Waals surface area contributed by atoms with Crippen LogP contribution in [0.15, 0.2) is 36.4 Å². The van der Waals surface area contributed by atoms with Gasteiger partial charge in [-0.05, 0) is 18.1 Å². The van der Waals surface area contributed by atoms with Gasteiger partial charge in [0.25, 0.3) is 17.3 Å². The summed E-state index contributed by atoms with van der Waals surface area (Å²) in [6.45, 7) is 5.50. The summed E-state index contributed by atoms with van der Waals surface area (Å²) < 4.78 is 6.30. The molecule has 3 aromatic rings. The van der Waals surface area contributed by atoms with Crippen molar-refractivity contribution in [3.8, 4) is 0 Å². The van der Waals surface area contributed by atoms with Crippen molar-refractivity contribution in [1.82, 2.24) is 9.88 Å². The summed E-state index contributed by atoms with van der Waals surface area (Å²) in [7, 11) is 0. The number of hydrogen-bond acceptors (Lipinski definition) is 9. The number of benzene rings is 2. The third-order valence-corrected chi connectivity index (χ3v) is 6.71. The quantitative estimate of drug-likeness (QED) is 0.349. The molecule has 0 unspecified atom stereocenters. The van der Waals surface area contributed by atoms with E-state index in [1.54, 1.807) is 0 Å². The minimum Gasteiger partial charge on any atom is -0.379 e. The molecule has 1 aliphatic heterocycles. The molecular weight excluding hydrogens is 462 g/mol. The lowest BCUT2D eigenvalue weighted by Gasteiger charge is -2.29. The van der Waals surface area contributed by atoms with Crippen LogP contribution >= 0.6 is 11.3 Å². The fourth-order valence-electron chi connectivity index (χ4n) is 3.83.